The molecule has 0 aliphatic rings. The fraction of sp³-hybridized carbons (Fsp3) is 0.500. The Kier molecular flexibility index (Phi) is 8.09. The van der Waals surface area contributed by atoms with Crippen LogP contribution in [-0.2, 0) is 16.0 Å². The molecule has 0 aromatic heterocycles. The van der Waals surface area contributed by atoms with E-state index in [0.717, 1.165) is 24.8 Å². The molecule has 5 heteroatoms. The van der Waals surface area contributed by atoms with Crippen LogP contribution in [0, 0.1) is 5.82 Å². The van der Waals surface area contributed by atoms with Crippen molar-refractivity contribution >= 4 is 11.8 Å². The number of halogens is 1. The number of carbonyl (C=O) groups excluding carboxylic acids is 2. The summed E-state index contributed by atoms with van der Waals surface area (Å²) >= 11 is 0. The summed E-state index contributed by atoms with van der Waals surface area (Å²) in [7, 11) is 0. The van der Waals surface area contributed by atoms with E-state index >= 15 is 0 Å². The van der Waals surface area contributed by atoms with Crippen molar-refractivity contribution in [2.45, 2.75) is 39.0 Å². The third-order valence-electron chi connectivity index (χ3n) is 3.07. The largest absolute Gasteiger partial charge is 0.356 e. The van der Waals surface area contributed by atoms with Crippen molar-refractivity contribution in [3.05, 3.63) is 35.6 Å². The van der Waals surface area contributed by atoms with E-state index in [-0.39, 0.29) is 24.1 Å². The monoisotopic (exact) mass is 294 g/mol. The Hall–Kier alpha value is -1.91. The summed E-state index contributed by atoms with van der Waals surface area (Å²) in [6.45, 7) is 3.15. The molecule has 116 valence electrons. The number of carbonyl (C=O) groups is 2. The van der Waals surface area contributed by atoms with Crippen molar-refractivity contribution < 1.29 is 14.0 Å². The second-order valence-electron chi connectivity index (χ2n) is 4.96. The minimum absolute atomic E-state index is 0.143. The molecule has 0 unspecified atom stereocenters. The highest BCUT2D eigenvalue weighted by Crippen LogP contribution is 2.02. The molecule has 0 fully saturated rings. The molecule has 4 nitrogen and oxygen atoms in total. The van der Waals surface area contributed by atoms with E-state index in [0.29, 0.717) is 19.5 Å². The van der Waals surface area contributed by atoms with Gasteiger partial charge in [0.1, 0.15) is 12.2 Å². The van der Waals surface area contributed by atoms with Crippen LogP contribution in [0.15, 0.2) is 24.3 Å². The van der Waals surface area contributed by atoms with Crippen LogP contribution in [0.3, 0.4) is 0 Å². The van der Waals surface area contributed by atoms with Crippen molar-refractivity contribution in [2.24, 2.45) is 0 Å². The number of unbranched alkanes of at least 4 members (excludes halogenated alkanes) is 2. The van der Waals surface area contributed by atoms with Gasteiger partial charge in [0.15, 0.2) is 0 Å². The minimum Gasteiger partial charge on any atom is -0.356 e. The van der Waals surface area contributed by atoms with E-state index in [2.05, 4.69) is 17.6 Å². The van der Waals surface area contributed by atoms with Crippen LogP contribution in [0.4, 0.5) is 4.39 Å². The molecule has 0 bridgehead atoms. The number of rotatable bonds is 9. The highest BCUT2D eigenvalue weighted by molar-refractivity contribution is 5.96. The fourth-order valence-electron chi connectivity index (χ4n) is 1.87. The highest BCUT2D eigenvalue weighted by Gasteiger charge is 2.08. The van der Waals surface area contributed by atoms with Gasteiger partial charge in [-0.2, -0.15) is 0 Å². The zero-order chi connectivity index (χ0) is 15.5. The van der Waals surface area contributed by atoms with Crippen LogP contribution in [0.5, 0.6) is 0 Å². The first-order valence-electron chi connectivity index (χ1n) is 7.39. The van der Waals surface area contributed by atoms with Gasteiger partial charge in [-0.05, 0) is 30.5 Å². The van der Waals surface area contributed by atoms with Crippen molar-refractivity contribution in [1.29, 1.82) is 0 Å². The number of hydrogen-bond acceptors (Lipinski definition) is 2. The molecular formula is C16H23FN2O2. The van der Waals surface area contributed by atoms with Crippen molar-refractivity contribution in [3.8, 4) is 0 Å². The quantitative estimate of drug-likeness (QED) is 0.542. The van der Waals surface area contributed by atoms with E-state index < -0.39 is 0 Å². The van der Waals surface area contributed by atoms with Gasteiger partial charge in [-0.25, -0.2) is 4.39 Å². The molecule has 0 atom stereocenters. The molecule has 2 N–H and O–H groups in total. The second-order valence-corrected chi connectivity index (χ2v) is 4.96. The number of nitrogens with one attached hydrogen (secondary N) is 2. The van der Waals surface area contributed by atoms with Crippen LogP contribution < -0.4 is 10.6 Å². The van der Waals surface area contributed by atoms with Gasteiger partial charge in [0, 0.05) is 13.1 Å². The Morgan fingerprint density at radius 1 is 1.00 bits per heavy atom. The first-order valence-corrected chi connectivity index (χ1v) is 7.39. The summed E-state index contributed by atoms with van der Waals surface area (Å²) < 4.78 is 12.7. The van der Waals surface area contributed by atoms with Crippen LogP contribution >= 0.6 is 0 Å². The lowest BCUT2D eigenvalue weighted by Gasteiger charge is -2.06. The van der Waals surface area contributed by atoms with Gasteiger partial charge in [-0.1, -0.05) is 31.9 Å². The maximum atomic E-state index is 12.7. The Morgan fingerprint density at radius 2 is 1.62 bits per heavy atom. The van der Waals surface area contributed by atoms with Crippen LogP contribution in [0.1, 0.15) is 38.2 Å². The molecule has 0 heterocycles. The van der Waals surface area contributed by atoms with Crippen molar-refractivity contribution in [2.75, 3.05) is 13.1 Å². The molecule has 0 saturated heterocycles. The van der Waals surface area contributed by atoms with Crippen molar-refractivity contribution in [3.63, 3.8) is 0 Å². The number of hydrogen-bond donors (Lipinski definition) is 2. The van der Waals surface area contributed by atoms with Gasteiger partial charge in [-0.15, -0.1) is 0 Å². The Balaban J connectivity index is 2.13. The lowest BCUT2D eigenvalue weighted by atomic mass is 10.1. The average molecular weight is 294 g/mol. The molecular weight excluding hydrogens is 271 g/mol. The second kappa shape index (κ2) is 9.91. The summed E-state index contributed by atoms with van der Waals surface area (Å²) in [4.78, 5) is 23.0. The summed E-state index contributed by atoms with van der Waals surface area (Å²) in [6.07, 6.45) is 3.58. The Morgan fingerprint density at radius 3 is 2.24 bits per heavy atom. The lowest BCUT2D eigenvalue weighted by molar-refractivity contribution is -0.129. The SMILES string of the molecule is CCCCCNC(=O)CC(=O)NCCc1ccc(F)cc1. The summed E-state index contributed by atoms with van der Waals surface area (Å²) in [6, 6.07) is 6.14. The average Bonchev–Trinajstić information content (AvgIpc) is 2.46. The number of benzene rings is 1. The normalized spacial score (nSPS) is 10.2. The predicted molar refractivity (Wildman–Crippen MR) is 80.3 cm³/mol. The van der Waals surface area contributed by atoms with E-state index in [1.54, 1.807) is 12.1 Å². The molecule has 21 heavy (non-hydrogen) atoms. The predicted octanol–water partition coefficient (Wildman–Crippen LogP) is 2.18. The van der Waals surface area contributed by atoms with E-state index in [1.807, 2.05) is 0 Å². The van der Waals surface area contributed by atoms with Crippen LogP contribution in [-0.4, -0.2) is 24.9 Å². The fourth-order valence-corrected chi connectivity index (χ4v) is 1.87. The van der Waals surface area contributed by atoms with Crippen LogP contribution in [0.2, 0.25) is 0 Å². The maximum Gasteiger partial charge on any atom is 0.229 e. The van der Waals surface area contributed by atoms with Gasteiger partial charge < -0.3 is 10.6 Å². The molecule has 0 aliphatic carbocycles. The van der Waals surface area contributed by atoms with Gasteiger partial charge in [0.05, 0.1) is 0 Å². The smallest absolute Gasteiger partial charge is 0.229 e. The van der Waals surface area contributed by atoms with Gasteiger partial charge in [0.25, 0.3) is 0 Å². The standard InChI is InChI=1S/C16H23FN2O2/c1-2-3-4-10-18-15(20)12-16(21)19-11-9-13-5-7-14(17)8-6-13/h5-8H,2-4,9-12H2,1H3,(H,18,20)(H,19,21). The third kappa shape index (κ3) is 8.07. The zero-order valence-electron chi connectivity index (χ0n) is 12.5. The summed E-state index contributed by atoms with van der Waals surface area (Å²) in [5.74, 6) is -0.807. The zero-order valence-corrected chi connectivity index (χ0v) is 12.5. The topological polar surface area (TPSA) is 58.2 Å². The lowest BCUT2D eigenvalue weighted by Crippen LogP contribution is -2.33. The van der Waals surface area contributed by atoms with Crippen LogP contribution in [0.25, 0.3) is 0 Å². The van der Waals surface area contributed by atoms with Gasteiger partial charge >= 0.3 is 0 Å². The molecule has 0 spiro atoms. The van der Waals surface area contributed by atoms with Gasteiger partial charge in [-0.3, -0.25) is 9.59 Å². The minimum atomic E-state index is -0.287. The molecule has 2 amide bonds. The van der Waals surface area contributed by atoms with Gasteiger partial charge in [0.2, 0.25) is 11.8 Å². The number of amides is 2. The molecule has 1 rings (SSSR count). The van der Waals surface area contributed by atoms with E-state index in [1.165, 1.54) is 12.1 Å². The van der Waals surface area contributed by atoms with Crippen molar-refractivity contribution in [1.82, 2.24) is 10.6 Å². The first kappa shape index (κ1) is 17.1. The molecule has 0 radical (unpaired) electrons. The van der Waals surface area contributed by atoms with E-state index in [9.17, 15) is 14.0 Å². The Bertz CT molecular complexity index is 446. The highest BCUT2D eigenvalue weighted by atomic mass is 19.1. The molecule has 0 saturated carbocycles. The summed E-state index contributed by atoms with van der Waals surface area (Å²) in [5, 5.41) is 5.41. The van der Waals surface area contributed by atoms with E-state index in [4.69, 9.17) is 0 Å². The third-order valence-corrected chi connectivity index (χ3v) is 3.07. The molecule has 0 aliphatic heterocycles. The summed E-state index contributed by atoms with van der Waals surface area (Å²) in [5.41, 5.74) is 0.945. The maximum absolute atomic E-state index is 12.7. The molecule has 1 aromatic rings. The Labute approximate surface area is 125 Å². The first-order chi connectivity index (χ1) is 10.1. The molecule has 1 aromatic carbocycles.